The van der Waals surface area contributed by atoms with Gasteiger partial charge in [-0.2, -0.15) is 0 Å². The highest BCUT2D eigenvalue weighted by atomic mass is 14.1. The van der Waals surface area contributed by atoms with Gasteiger partial charge in [-0.15, -0.1) is 0 Å². The number of rotatable bonds is 0. The van der Waals surface area contributed by atoms with Crippen LogP contribution in [0, 0.1) is 0 Å². The van der Waals surface area contributed by atoms with Crippen LogP contribution in [-0.2, 0) is 12.8 Å². The molecule has 0 fully saturated rings. The molecule has 1 aliphatic rings. The molecule has 0 heteroatoms. The minimum Gasteiger partial charge on any atom is -0.0838 e. The Kier molecular flexibility index (Phi) is 10.4. The van der Waals surface area contributed by atoms with Crippen molar-refractivity contribution in [2.24, 2.45) is 0 Å². The molecule has 0 spiro atoms. The van der Waals surface area contributed by atoms with Crippen LogP contribution in [0.25, 0.3) is 10.8 Å². The minimum absolute atomic E-state index is 1.09. The molecule has 1 aliphatic carbocycles. The molecule has 0 bridgehead atoms. The molecule has 0 atom stereocenters. The number of hydrogen-bond donors (Lipinski definition) is 0. The highest BCUT2D eigenvalue weighted by Gasteiger charge is 2.07. The number of fused-ring (bicyclic) bond motifs is 3. The van der Waals surface area contributed by atoms with Gasteiger partial charge in [-0.3, -0.25) is 0 Å². The molecule has 0 saturated heterocycles. The fourth-order valence-corrected chi connectivity index (χ4v) is 2.22. The normalized spacial score (nSPS) is 10.9. The summed E-state index contributed by atoms with van der Waals surface area (Å²) >= 11 is 0. The van der Waals surface area contributed by atoms with Gasteiger partial charge in [0.25, 0.3) is 0 Å². The Balaban J connectivity index is 0.000000538. The number of hydrogen-bond acceptors (Lipinski definition) is 0. The number of allylic oxidation sites excluding steroid dienone is 2. The van der Waals surface area contributed by atoms with Crippen molar-refractivity contribution in [2.75, 3.05) is 0 Å². The second kappa shape index (κ2) is 11.3. The first-order valence-corrected chi connectivity index (χ1v) is 8.09. The van der Waals surface area contributed by atoms with Gasteiger partial charge in [0.05, 0.1) is 0 Å². The molecule has 20 heavy (non-hydrogen) atoms. The van der Waals surface area contributed by atoms with Gasteiger partial charge in [0, 0.05) is 0 Å². The largest absolute Gasteiger partial charge is 0.0838 e. The van der Waals surface area contributed by atoms with Crippen molar-refractivity contribution in [1.29, 1.82) is 0 Å². The van der Waals surface area contributed by atoms with Crippen molar-refractivity contribution < 1.29 is 0 Å². The maximum absolute atomic E-state index is 2.27. The molecule has 0 unspecified atom stereocenters. The van der Waals surface area contributed by atoms with Crippen LogP contribution in [0.15, 0.2) is 48.6 Å². The molecular formula is C20H30. The van der Waals surface area contributed by atoms with Crippen molar-refractivity contribution in [3.63, 3.8) is 0 Å². The minimum atomic E-state index is 1.09. The monoisotopic (exact) mass is 270 g/mol. The van der Waals surface area contributed by atoms with Crippen LogP contribution in [-0.4, -0.2) is 0 Å². The highest BCUT2D eigenvalue weighted by molar-refractivity contribution is 5.87. The smallest absolute Gasteiger partial charge is 0.00883 e. The number of benzene rings is 2. The summed E-state index contributed by atoms with van der Waals surface area (Å²) in [7, 11) is 0. The second-order valence-corrected chi connectivity index (χ2v) is 3.80. The summed E-state index contributed by atoms with van der Waals surface area (Å²) in [6, 6.07) is 13.1. The first kappa shape index (κ1) is 18.4. The lowest BCUT2D eigenvalue weighted by molar-refractivity contribution is 1.11. The second-order valence-electron chi connectivity index (χ2n) is 3.80. The molecule has 2 aromatic rings. The zero-order valence-corrected chi connectivity index (χ0v) is 14.0. The Hall–Kier alpha value is -1.56. The van der Waals surface area contributed by atoms with E-state index >= 15 is 0 Å². The molecule has 0 N–H and O–H groups in total. The fourth-order valence-electron chi connectivity index (χ4n) is 2.22. The van der Waals surface area contributed by atoms with E-state index < -0.39 is 0 Å². The summed E-state index contributed by atoms with van der Waals surface area (Å²) in [6.45, 7) is 12.0. The third-order valence-electron chi connectivity index (χ3n) is 2.96. The molecule has 0 radical (unpaired) electrons. The summed E-state index contributed by atoms with van der Waals surface area (Å²) in [4.78, 5) is 0. The first-order chi connectivity index (χ1) is 9.95. The van der Waals surface area contributed by atoms with E-state index in [1.165, 1.54) is 21.9 Å². The molecule has 2 aromatic carbocycles. The lowest BCUT2D eigenvalue weighted by atomic mass is 9.92. The van der Waals surface area contributed by atoms with E-state index in [0.717, 1.165) is 12.8 Å². The van der Waals surface area contributed by atoms with Crippen molar-refractivity contribution in [3.8, 4) is 0 Å². The van der Waals surface area contributed by atoms with Crippen LogP contribution in [0.5, 0.6) is 0 Å². The Morgan fingerprint density at radius 2 is 1.25 bits per heavy atom. The molecule has 110 valence electrons. The molecule has 0 amide bonds. The van der Waals surface area contributed by atoms with E-state index in [1.54, 1.807) is 0 Å². The van der Waals surface area contributed by atoms with Crippen LogP contribution in [0.4, 0.5) is 0 Å². The van der Waals surface area contributed by atoms with Gasteiger partial charge < -0.3 is 0 Å². The third-order valence-corrected chi connectivity index (χ3v) is 2.96. The predicted octanol–water partition coefficient (Wildman–Crippen LogP) is 6.57. The lowest BCUT2D eigenvalue weighted by Gasteiger charge is -2.13. The molecule has 0 saturated carbocycles. The van der Waals surface area contributed by atoms with Crippen molar-refractivity contribution in [3.05, 3.63) is 59.7 Å². The van der Waals surface area contributed by atoms with Crippen molar-refractivity contribution >= 4 is 10.8 Å². The lowest BCUT2D eigenvalue weighted by Crippen LogP contribution is -1.97. The van der Waals surface area contributed by atoms with Gasteiger partial charge in [0.2, 0.25) is 0 Å². The Morgan fingerprint density at radius 3 is 1.95 bits per heavy atom. The Bertz CT molecular complexity index is 506. The van der Waals surface area contributed by atoms with E-state index in [-0.39, 0.29) is 0 Å². The van der Waals surface area contributed by atoms with E-state index in [9.17, 15) is 0 Å². The van der Waals surface area contributed by atoms with Gasteiger partial charge >= 0.3 is 0 Å². The van der Waals surface area contributed by atoms with Crippen LogP contribution < -0.4 is 0 Å². The van der Waals surface area contributed by atoms with E-state index in [0.29, 0.717) is 0 Å². The van der Waals surface area contributed by atoms with Gasteiger partial charge in [0.1, 0.15) is 0 Å². The van der Waals surface area contributed by atoms with Gasteiger partial charge in [-0.25, -0.2) is 0 Å². The molecule has 0 aromatic heterocycles. The summed E-state index contributed by atoms with van der Waals surface area (Å²) < 4.78 is 0. The van der Waals surface area contributed by atoms with Gasteiger partial charge in [0.15, 0.2) is 0 Å². The molecule has 0 heterocycles. The average Bonchev–Trinajstić information content (AvgIpc) is 2.60. The fraction of sp³-hybridized carbons (Fsp3) is 0.400. The van der Waals surface area contributed by atoms with E-state index in [4.69, 9.17) is 0 Å². The zero-order valence-electron chi connectivity index (χ0n) is 14.0. The topological polar surface area (TPSA) is 0 Å². The van der Waals surface area contributed by atoms with Crippen molar-refractivity contribution in [2.45, 2.75) is 54.4 Å². The van der Waals surface area contributed by atoms with Gasteiger partial charge in [-0.05, 0) is 34.7 Å². The maximum atomic E-state index is 2.27. The first-order valence-electron chi connectivity index (χ1n) is 8.09. The summed E-state index contributed by atoms with van der Waals surface area (Å²) in [5, 5.41) is 2.79. The summed E-state index contributed by atoms with van der Waals surface area (Å²) in [5.41, 5.74) is 3.01. The molecule has 0 nitrogen and oxygen atoms in total. The van der Waals surface area contributed by atoms with Crippen molar-refractivity contribution in [1.82, 2.24) is 0 Å². The highest BCUT2D eigenvalue weighted by Crippen LogP contribution is 2.26. The molecule has 0 aliphatic heterocycles. The van der Waals surface area contributed by atoms with Gasteiger partial charge in [-0.1, -0.05) is 90.1 Å². The third kappa shape index (κ3) is 4.52. The zero-order chi connectivity index (χ0) is 15.4. The average molecular weight is 270 g/mol. The Morgan fingerprint density at radius 1 is 0.650 bits per heavy atom. The summed E-state index contributed by atoms with van der Waals surface area (Å²) in [6.07, 6.45) is 6.72. The predicted molar refractivity (Wildman–Crippen MR) is 94.5 cm³/mol. The van der Waals surface area contributed by atoms with Crippen LogP contribution in [0.2, 0.25) is 0 Å². The van der Waals surface area contributed by atoms with E-state index in [1.807, 2.05) is 41.5 Å². The molecule has 3 rings (SSSR count). The van der Waals surface area contributed by atoms with E-state index in [2.05, 4.69) is 48.6 Å². The van der Waals surface area contributed by atoms with Crippen LogP contribution >= 0.6 is 0 Å². The molecular weight excluding hydrogens is 240 g/mol. The summed E-state index contributed by atoms with van der Waals surface area (Å²) in [5.74, 6) is 0. The SMILES string of the molecule is C1=CCc2c(ccc3ccccc23)C1.CC.CC.CC. The van der Waals surface area contributed by atoms with Crippen LogP contribution in [0.1, 0.15) is 52.7 Å². The standard InChI is InChI=1S/C14H12.3C2H6/c1-3-7-13-11(5-1)9-10-12-6-2-4-8-14(12)13;3*1-2/h1-5,7,9-10H,6,8H2;3*1-2H3. The van der Waals surface area contributed by atoms with Crippen LogP contribution in [0.3, 0.4) is 0 Å². The maximum Gasteiger partial charge on any atom is -0.00883 e. The Labute approximate surface area is 125 Å². The quantitative estimate of drug-likeness (QED) is 0.475.